The van der Waals surface area contributed by atoms with Crippen LogP contribution >= 0.6 is 0 Å². The summed E-state index contributed by atoms with van der Waals surface area (Å²) < 4.78 is 5.62. The Bertz CT molecular complexity index is 944. The lowest BCUT2D eigenvalue weighted by molar-refractivity contribution is -0.133. The molecule has 0 bridgehead atoms. The highest BCUT2D eigenvalue weighted by Gasteiger charge is 2.31. The zero-order valence-electron chi connectivity index (χ0n) is 17.6. The minimum atomic E-state index is -0.600. The van der Waals surface area contributed by atoms with Crippen LogP contribution in [-0.4, -0.2) is 48.9 Å². The van der Waals surface area contributed by atoms with E-state index in [1.54, 1.807) is 31.0 Å². The van der Waals surface area contributed by atoms with E-state index in [0.29, 0.717) is 11.4 Å². The average Bonchev–Trinajstić information content (AvgIpc) is 2.74. The largest absolute Gasteiger partial charge is 0.479 e. The summed E-state index contributed by atoms with van der Waals surface area (Å²) >= 11 is 0. The molecule has 0 aromatic heterocycles. The van der Waals surface area contributed by atoms with Gasteiger partial charge in [-0.05, 0) is 37.1 Å². The number of para-hydroxylation sites is 3. The average molecular weight is 409 g/mol. The van der Waals surface area contributed by atoms with Crippen molar-refractivity contribution >= 4 is 29.1 Å². The van der Waals surface area contributed by atoms with Gasteiger partial charge < -0.3 is 19.9 Å². The molecule has 0 aliphatic carbocycles. The van der Waals surface area contributed by atoms with Gasteiger partial charge in [-0.2, -0.15) is 0 Å². The number of nitrogens with zero attached hydrogens (tertiary/aromatic N) is 2. The first-order valence-corrected chi connectivity index (χ1v) is 10.1. The van der Waals surface area contributed by atoms with Crippen LogP contribution < -0.4 is 15.0 Å². The molecule has 1 aliphatic heterocycles. The van der Waals surface area contributed by atoms with Crippen molar-refractivity contribution in [3.8, 4) is 5.75 Å². The molecule has 0 saturated heterocycles. The van der Waals surface area contributed by atoms with Gasteiger partial charge in [0.2, 0.25) is 11.8 Å². The van der Waals surface area contributed by atoms with Crippen LogP contribution in [0.4, 0.5) is 11.4 Å². The Hall–Kier alpha value is -3.35. The maximum Gasteiger partial charge on any atom is 0.267 e. The number of anilines is 2. The maximum atomic E-state index is 12.6. The lowest BCUT2D eigenvalue weighted by Gasteiger charge is -2.33. The van der Waals surface area contributed by atoms with E-state index in [-0.39, 0.29) is 37.2 Å². The number of aryl methyl sites for hydroxylation is 1. The number of ether oxygens (including phenoxy) is 1. The summed E-state index contributed by atoms with van der Waals surface area (Å²) in [6, 6.07) is 14.9. The summed E-state index contributed by atoms with van der Waals surface area (Å²) in [5.41, 5.74) is 2.46. The van der Waals surface area contributed by atoms with Crippen molar-refractivity contribution in [2.45, 2.75) is 32.8 Å². The highest BCUT2D eigenvalue weighted by Crippen LogP contribution is 2.33. The topological polar surface area (TPSA) is 79.0 Å². The van der Waals surface area contributed by atoms with E-state index in [9.17, 15) is 14.4 Å². The molecule has 1 atom stereocenters. The number of carbonyl (C=O) groups excluding carboxylic acids is 3. The first-order valence-electron chi connectivity index (χ1n) is 10.1. The van der Waals surface area contributed by atoms with E-state index in [1.807, 2.05) is 43.3 Å². The van der Waals surface area contributed by atoms with Crippen LogP contribution in [0, 0.1) is 0 Å². The van der Waals surface area contributed by atoms with Crippen LogP contribution in [0.1, 0.15) is 25.8 Å². The van der Waals surface area contributed by atoms with E-state index < -0.39 is 6.10 Å². The number of benzene rings is 2. The van der Waals surface area contributed by atoms with Crippen LogP contribution in [-0.2, 0) is 20.8 Å². The fourth-order valence-electron chi connectivity index (χ4n) is 3.43. The van der Waals surface area contributed by atoms with Crippen LogP contribution in [0.15, 0.2) is 48.5 Å². The number of nitrogens with one attached hydrogen (secondary N) is 1. The molecule has 1 N–H and O–H groups in total. The standard InChI is InChI=1S/C23H27N3O4/c1-4-17-9-5-6-10-18(17)24-21(27)15-25(3)22(28)13-14-26-19-11-7-8-12-20(19)30-16(2)23(26)29/h5-12,16H,4,13-15H2,1-3H3,(H,24,27). The Labute approximate surface area is 176 Å². The third-order valence-corrected chi connectivity index (χ3v) is 5.10. The molecular formula is C23H27N3O4. The number of amides is 3. The van der Waals surface area contributed by atoms with Crippen LogP contribution in [0.25, 0.3) is 0 Å². The molecule has 30 heavy (non-hydrogen) atoms. The van der Waals surface area contributed by atoms with Crippen molar-refractivity contribution in [3.05, 3.63) is 54.1 Å². The molecule has 7 heteroatoms. The molecule has 0 spiro atoms. The highest BCUT2D eigenvalue weighted by molar-refractivity contribution is 6.00. The van der Waals surface area contributed by atoms with Crippen molar-refractivity contribution in [1.29, 1.82) is 0 Å². The summed E-state index contributed by atoms with van der Waals surface area (Å²) in [5, 5.41) is 2.86. The van der Waals surface area contributed by atoms with Gasteiger partial charge in [0.25, 0.3) is 5.91 Å². The van der Waals surface area contributed by atoms with Gasteiger partial charge in [-0.15, -0.1) is 0 Å². The number of likely N-dealkylation sites (N-methyl/N-ethyl adjacent to an activating group) is 1. The molecule has 3 rings (SSSR count). The number of hydrogen-bond donors (Lipinski definition) is 1. The molecule has 0 fully saturated rings. The van der Waals surface area contributed by atoms with Gasteiger partial charge in [-0.1, -0.05) is 37.3 Å². The zero-order chi connectivity index (χ0) is 21.7. The zero-order valence-corrected chi connectivity index (χ0v) is 17.6. The second-order valence-corrected chi connectivity index (χ2v) is 7.28. The number of carbonyl (C=O) groups is 3. The minimum Gasteiger partial charge on any atom is -0.479 e. The van der Waals surface area contributed by atoms with E-state index in [0.717, 1.165) is 17.7 Å². The van der Waals surface area contributed by atoms with Gasteiger partial charge in [0.1, 0.15) is 5.75 Å². The molecule has 2 aromatic rings. The molecule has 7 nitrogen and oxygen atoms in total. The van der Waals surface area contributed by atoms with Crippen molar-refractivity contribution in [1.82, 2.24) is 4.90 Å². The predicted molar refractivity (Wildman–Crippen MR) is 116 cm³/mol. The van der Waals surface area contributed by atoms with Crippen molar-refractivity contribution in [3.63, 3.8) is 0 Å². The Balaban J connectivity index is 1.57. The number of rotatable bonds is 7. The van der Waals surface area contributed by atoms with Gasteiger partial charge in [0.05, 0.1) is 12.2 Å². The fraction of sp³-hybridized carbons (Fsp3) is 0.348. The Kier molecular flexibility index (Phi) is 6.72. The summed E-state index contributed by atoms with van der Waals surface area (Å²) in [5.74, 6) is -0.0241. The van der Waals surface area contributed by atoms with Crippen molar-refractivity contribution in [2.24, 2.45) is 0 Å². The van der Waals surface area contributed by atoms with Crippen molar-refractivity contribution in [2.75, 3.05) is 30.4 Å². The molecule has 1 heterocycles. The highest BCUT2D eigenvalue weighted by atomic mass is 16.5. The van der Waals surface area contributed by atoms with Gasteiger partial charge >= 0.3 is 0 Å². The molecule has 158 valence electrons. The molecule has 2 aromatic carbocycles. The maximum absolute atomic E-state index is 12.6. The second kappa shape index (κ2) is 9.43. The van der Waals surface area contributed by atoms with Crippen LogP contribution in [0.2, 0.25) is 0 Å². The summed E-state index contributed by atoms with van der Waals surface area (Å²) in [4.78, 5) is 40.4. The fourth-order valence-corrected chi connectivity index (χ4v) is 3.43. The lowest BCUT2D eigenvalue weighted by atomic mass is 10.1. The van der Waals surface area contributed by atoms with Gasteiger partial charge in [-0.25, -0.2) is 0 Å². The molecule has 0 saturated carbocycles. The van der Waals surface area contributed by atoms with E-state index in [1.165, 1.54) is 4.90 Å². The van der Waals surface area contributed by atoms with Gasteiger partial charge in [0, 0.05) is 25.7 Å². The lowest BCUT2D eigenvalue weighted by Crippen LogP contribution is -2.46. The summed E-state index contributed by atoms with van der Waals surface area (Å²) in [6.07, 6.45) is 0.318. The monoisotopic (exact) mass is 409 g/mol. The number of hydrogen-bond acceptors (Lipinski definition) is 4. The van der Waals surface area contributed by atoms with E-state index in [4.69, 9.17) is 4.74 Å². The Morgan fingerprint density at radius 3 is 2.60 bits per heavy atom. The molecule has 1 aliphatic rings. The Morgan fingerprint density at radius 2 is 1.83 bits per heavy atom. The first kappa shape index (κ1) is 21.4. The molecular weight excluding hydrogens is 382 g/mol. The van der Waals surface area contributed by atoms with Crippen molar-refractivity contribution < 1.29 is 19.1 Å². The van der Waals surface area contributed by atoms with Crippen LogP contribution in [0.5, 0.6) is 5.75 Å². The minimum absolute atomic E-state index is 0.0546. The summed E-state index contributed by atoms with van der Waals surface area (Å²) in [6.45, 7) is 3.89. The third-order valence-electron chi connectivity index (χ3n) is 5.10. The quantitative estimate of drug-likeness (QED) is 0.763. The predicted octanol–water partition coefficient (Wildman–Crippen LogP) is 2.85. The molecule has 0 radical (unpaired) electrons. The third kappa shape index (κ3) is 4.79. The normalized spacial score (nSPS) is 15.2. The Morgan fingerprint density at radius 1 is 1.13 bits per heavy atom. The van der Waals surface area contributed by atoms with Gasteiger partial charge in [0.15, 0.2) is 6.10 Å². The SMILES string of the molecule is CCc1ccccc1NC(=O)CN(C)C(=O)CCN1C(=O)C(C)Oc2ccccc21. The molecule has 3 amide bonds. The summed E-state index contributed by atoms with van der Waals surface area (Å²) in [7, 11) is 1.59. The van der Waals surface area contributed by atoms with E-state index >= 15 is 0 Å². The number of fused-ring (bicyclic) bond motifs is 1. The van der Waals surface area contributed by atoms with E-state index in [2.05, 4.69) is 5.32 Å². The smallest absolute Gasteiger partial charge is 0.267 e. The molecule has 1 unspecified atom stereocenters. The first-order chi connectivity index (χ1) is 14.4. The van der Waals surface area contributed by atoms with Crippen LogP contribution in [0.3, 0.4) is 0 Å². The second-order valence-electron chi connectivity index (χ2n) is 7.28. The van der Waals surface area contributed by atoms with Gasteiger partial charge in [-0.3, -0.25) is 14.4 Å².